The van der Waals surface area contributed by atoms with Crippen LogP contribution in [0.4, 0.5) is 0 Å². The van der Waals surface area contributed by atoms with Crippen LogP contribution in [0.5, 0.6) is 11.5 Å². The first-order chi connectivity index (χ1) is 13.6. The Morgan fingerprint density at radius 1 is 0.429 bits per heavy atom. The largest absolute Gasteiger partial charge is 0.493 e. The lowest BCUT2D eigenvalue weighted by Crippen LogP contribution is -1.90. The van der Waals surface area contributed by atoms with Gasteiger partial charge in [-0.2, -0.15) is 0 Å². The Labute approximate surface area is 179 Å². The van der Waals surface area contributed by atoms with E-state index in [1.807, 2.05) is 12.1 Å². The number of fused-ring (bicyclic) bond motifs is 4. The van der Waals surface area contributed by atoms with Gasteiger partial charge in [-0.15, -0.1) is 0 Å². The Hall–Kier alpha value is -2.30. The molecule has 5 aromatic rings. The fourth-order valence-corrected chi connectivity index (χ4v) is 4.55. The Balaban J connectivity index is 1.81. The van der Waals surface area contributed by atoms with Crippen molar-refractivity contribution in [3.63, 3.8) is 0 Å². The lowest BCUT2D eigenvalue weighted by Gasteiger charge is -2.11. The lowest BCUT2D eigenvalue weighted by atomic mass is 9.97. The Morgan fingerprint density at radius 3 is 0.964 bits per heavy atom. The predicted molar refractivity (Wildman–Crippen MR) is 125 cm³/mol. The molecule has 0 saturated heterocycles. The van der Waals surface area contributed by atoms with Crippen LogP contribution in [0.3, 0.4) is 0 Å². The third kappa shape index (κ3) is 2.83. The Bertz CT molecular complexity index is 1300. The van der Waals surface area contributed by atoms with Crippen LogP contribution >= 0.6 is 31.9 Å². The van der Waals surface area contributed by atoms with E-state index in [-0.39, 0.29) is 0 Å². The average Bonchev–Trinajstić information content (AvgIpc) is 2.69. The minimum Gasteiger partial charge on any atom is -0.493 e. The van der Waals surface area contributed by atoms with Gasteiger partial charge in [-0.05, 0) is 136 Å². The van der Waals surface area contributed by atoms with E-state index >= 15 is 0 Å². The average molecular weight is 496 g/mol. The van der Waals surface area contributed by atoms with Crippen LogP contribution in [0.1, 0.15) is 0 Å². The van der Waals surface area contributed by atoms with Crippen LogP contribution in [0.15, 0.2) is 69.6 Å². The van der Waals surface area contributed by atoms with Gasteiger partial charge >= 0.3 is 0 Å². The van der Waals surface area contributed by atoms with Crippen molar-refractivity contribution < 1.29 is 9.47 Å². The quantitative estimate of drug-likeness (QED) is 0.232. The highest BCUT2D eigenvalue weighted by atomic mass is 79.9. The highest BCUT2D eigenvalue weighted by Gasteiger charge is 2.09. The van der Waals surface area contributed by atoms with E-state index in [2.05, 4.69) is 80.4 Å². The fraction of sp³-hybridized carbons (Fsp3) is 0.0833. The van der Waals surface area contributed by atoms with Gasteiger partial charge in [-0.25, -0.2) is 0 Å². The van der Waals surface area contributed by atoms with Gasteiger partial charge in [0.05, 0.1) is 14.2 Å². The second kappa shape index (κ2) is 6.64. The summed E-state index contributed by atoms with van der Waals surface area (Å²) in [4.78, 5) is 0. The molecule has 0 N–H and O–H groups in total. The molecule has 138 valence electrons. The standard InChI is InChI=1S/C24H16Br2O2/c1-27-23-11-19-7-15-3-13-5-17-9-21(25)22(26)10-18(17)6-14(13)4-16(15)8-20(19)12-24(23)28-2/h3-12H,1-2H3. The number of benzene rings is 5. The zero-order valence-electron chi connectivity index (χ0n) is 15.3. The van der Waals surface area contributed by atoms with Crippen molar-refractivity contribution in [1.29, 1.82) is 0 Å². The van der Waals surface area contributed by atoms with E-state index in [1.165, 1.54) is 32.3 Å². The zero-order valence-corrected chi connectivity index (χ0v) is 18.5. The van der Waals surface area contributed by atoms with Crippen molar-refractivity contribution >= 4 is 74.9 Å². The molecule has 28 heavy (non-hydrogen) atoms. The number of halogens is 2. The van der Waals surface area contributed by atoms with Gasteiger partial charge in [0.25, 0.3) is 0 Å². The smallest absolute Gasteiger partial charge is 0.161 e. The van der Waals surface area contributed by atoms with Crippen molar-refractivity contribution in [3.05, 3.63) is 69.6 Å². The summed E-state index contributed by atoms with van der Waals surface area (Å²) in [7, 11) is 3.33. The first-order valence-corrected chi connectivity index (χ1v) is 10.5. The van der Waals surface area contributed by atoms with E-state index in [0.717, 1.165) is 31.2 Å². The lowest BCUT2D eigenvalue weighted by molar-refractivity contribution is 0.356. The second-order valence-corrected chi connectivity index (χ2v) is 8.63. The summed E-state index contributed by atoms with van der Waals surface area (Å²) in [6.07, 6.45) is 0. The van der Waals surface area contributed by atoms with E-state index in [1.54, 1.807) is 14.2 Å². The first-order valence-electron chi connectivity index (χ1n) is 8.88. The van der Waals surface area contributed by atoms with Gasteiger partial charge in [0, 0.05) is 8.95 Å². The SMILES string of the molecule is COc1cc2cc3cc4cc5cc(Br)c(Br)cc5cc4cc3cc2cc1OC. The molecule has 0 spiro atoms. The molecule has 0 aliphatic rings. The molecule has 0 aliphatic heterocycles. The van der Waals surface area contributed by atoms with Gasteiger partial charge < -0.3 is 9.47 Å². The molecule has 0 atom stereocenters. The maximum Gasteiger partial charge on any atom is 0.161 e. The third-order valence-corrected chi connectivity index (χ3v) is 7.09. The van der Waals surface area contributed by atoms with Crippen molar-refractivity contribution in [1.82, 2.24) is 0 Å². The fourth-order valence-electron chi connectivity index (χ4n) is 3.83. The van der Waals surface area contributed by atoms with E-state index in [4.69, 9.17) is 9.47 Å². The Kier molecular flexibility index (Phi) is 4.22. The van der Waals surface area contributed by atoms with Gasteiger partial charge in [0.2, 0.25) is 0 Å². The van der Waals surface area contributed by atoms with Gasteiger partial charge in [0.15, 0.2) is 11.5 Å². The summed E-state index contributed by atoms with van der Waals surface area (Å²) in [5, 5.41) is 9.59. The summed E-state index contributed by atoms with van der Waals surface area (Å²) >= 11 is 7.21. The zero-order chi connectivity index (χ0) is 19.4. The summed E-state index contributed by atoms with van der Waals surface area (Å²) in [5.74, 6) is 1.49. The minimum absolute atomic E-state index is 0.747. The number of ether oxygens (including phenoxy) is 2. The van der Waals surface area contributed by atoms with E-state index < -0.39 is 0 Å². The second-order valence-electron chi connectivity index (χ2n) is 6.92. The minimum atomic E-state index is 0.747. The summed E-state index contributed by atoms with van der Waals surface area (Å²) in [5.41, 5.74) is 0. The summed E-state index contributed by atoms with van der Waals surface area (Å²) < 4.78 is 13.0. The molecule has 0 bridgehead atoms. The Morgan fingerprint density at radius 2 is 0.679 bits per heavy atom. The molecule has 0 aromatic heterocycles. The molecule has 0 fully saturated rings. The van der Waals surface area contributed by atoms with Crippen molar-refractivity contribution in [3.8, 4) is 11.5 Å². The molecule has 0 heterocycles. The molecule has 0 saturated carbocycles. The molecular formula is C24H16Br2O2. The molecule has 0 amide bonds. The monoisotopic (exact) mass is 494 g/mol. The summed E-state index contributed by atoms with van der Waals surface area (Å²) in [6, 6.07) is 21.8. The highest BCUT2D eigenvalue weighted by molar-refractivity contribution is 9.13. The van der Waals surface area contributed by atoms with Crippen LogP contribution in [0, 0.1) is 0 Å². The van der Waals surface area contributed by atoms with Crippen LogP contribution in [-0.4, -0.2) is 14.2 Å². The van der Waals surface area contributed by atoms with Crippen molar-refractivity contribution in [2.75, 3.05) is 14.2 Å². The molecule has 5 aromatic carbocycles. The van der Waals surface area contributed by atoms with Crippen LogP contribution < -0.4 is 9.47 Å². The van der Waals surface area contributed by atoms with Crippen LogP contribution in [0.25, 0.3) is 43.1 Å². The maximum atomic E-state index is 5.46. The topological polar surface area (TPSA) is 18.5 Å². The molecule has 0 unspecified atom stereocenters. The number of hydrogen-bond donors (Lipinski definition) is 0. The number of methoxy groups -OCH3 is 2. The number of rotatable bonds is 2. The van der Waals surface area contributed by atoms with Crippen molar-refractivity contribution in [2.45, 2.75) is 0 Å². The van der Waals surface area contributed by atoms with E-state index in [9.17, 15) is 0 Å². The molecule has 2 nitrogen and oxygen atoms in total. The van der Waals surface area contributed by atoms with Gasteiger partial charge in [-0.1, -0.05) is 0 Å². The number of hydrogen-bond acceptors (Lipinski definition) is 2. The third-order valence-electron chi connectivity index (χ3n) is 5.25. The van der Waals surface area contributed by atoms with E-state index in [0.29, 0.717) is 0 Å². The summed E-state index contributed by atoms with van der Waals surface area (Å²) in [6.45, 7) is 0. The molecule has 5 rings (SSSR count). The molecule has 0 aliphatic carbocycles. The van der Waals surface area contributed by atoms with Gasteiger partial charge in [0.1, 0.15) is 0 Å². The maximum absolute atomic E-state index is 5.46. The van der Waals surface area contributed by atoms with Crippen LogP contribution in [-0.2, 0) is 0 Å². The molecular weight excluding hydrogens is 480 g/mol. The molecule has 0 radical (unpaired) electrons. The normalized spacial score (nSPS) is 11.6. The van der Waals surface area contributed by atoms with Crippen LogP contribution in [0.2, 0.25) is 0 Å². The molecule has 4 heteroatoms. The highest BCUT2D eigenvalue weighted by Crippen LogP contribution is 2.36. The van der Waals surface area contributed by atoms with Gasteiger partial charge in [-0.3, -0.25) is 0 Å². The first kappa shape index (κ1) is 17.8. The van der Waals surface area contributed by atoms with Crippen molar-refractivity contribution in [2.24, 2.45) is 0 Å². The predicted octanol–water partition coefficient (Wildman–Crippen LogP) is 7.84.